The van der Waals surface area contributed by atoms with Crippen LogP contribution in [-0.4, -0.2) is 13.0 Å². The highest BCUT2D eigenvalue weighted by Crippen LogP contribution is 2.38. The van der Waals surface area contributed by atoms with E-state index in [4.69, 9.17) is 4.74 Å². The molecule has 1 aliphatic carbocycles. The lowest BCUT2D eigenvalue weighted by molar-refractivity contribution is -0.123. The number of nitrogens with one attached hydrogen (secondary N) is 1. The molecule has 0 heterocycles. The van der Waals surface area contributed by atoms with Gasteiger partial charge in [0.15, 0.2) is 0 Å². The third kappa shape index (κ3) is 3.99. The summed E-state index contributed by atoms with van der Waals surface area (Å²) in [5, 5.41) is 3.07. The fourth-order valence-electron chi connectivity index (χ4n) is 3.41. The van der Waals surface area contributed by atoms with E-state index >= 15 is 0 Å². The largest absolute Gasteiger partial charge is 0.497 e. The van der Waals surface area contributed by atoms with Crippen molar-refractivity contribution in [3.63, 3.8) is 0 Å². The Balaban J connectivity index is 2.05. The molecule has 0 spiro atoms. The molecule has 0 aromatic heterocycles. The summed E-state index contributed by atoms with van der Waals surface area (Å²) in [7, 11) is 1.64. The lowest BCUT2D eigenvalue weighted by atomic mass is 9.70. The van der Waals surface area contributed by atoms with Crippen molar-refractivity contribution in [3.05, 3.63) is 24.3 Å². The maximum atomic E-state index is 12.6. The molecule has 0 saturated heterocycles. The Morgan fingerprint density at radius 2 is 1.90 bits per heavy atom. The number of carbonyl (C=O) groups is 1. The molecule has 1 aromatic carbocycles. The summed E-state index contributed by atoms with van der Waals surface area (Å²) in [6, 6.07) is 7.54. The van der Waals surface area contributed by atoms with Crippen LogP contribution in [0.25, 0.3) is 0 Å². The standard InChI is InChI=1S/C18H27NO2/c1-12(2)16-10-5-13(3)11-17(16)18(20)19-14-6-8-15(21-4)9-7-14/h6-9,12-13,16-17H,5,10-11H2,1-4H3,(H,19,20)/t13-,16+,17?/m1/s1. The van der Waals surface area contributed by atoms with Crippen LogP contribution < -0.4 is 10.1 Å². The van der Waals surface area contributed by atoms with Crippen molar-refractivity contribution in [2.75, 3.05) is 12.4 Å². The van der Waals surface area contributed by atoms with Gasteiger partial charge in [0.1, 0.15) is 5.75 Å². The van der Waals surface area contributed by atoms with Crippen LogP contribution in [0.2, 0.25) is 0 Å². The summed E-state index contributed by atoms with van der Waals surface area (Å²) in [5.41, 5.74) is 0.849. The van der Waals surface area contributed by atoms with Crippen LogP contribution in [0.4, 0.5) is 5.69 Å². The topological polar surface area (TPSA) is 38.3 Å². The van der Waals surface area contributed by atoms with Gasteiger partial charge in [0.25, 0.3) is 0 Å². The maximum absolute atomic E-state index is 12.6. The number of amides is 1. The molecule has 1 amide bonds. The number of carbonyl (C=O) groups excluding carboxylic acids is 1. The average Bonchev–Trinajstić information content (AvgIpc) is 2.47. The van der Waals surface area contributed by atoms with Gasteiger partial charge in [-0.3, -0.25) is 4.79 Å². The Bertz CT molecular complexity index is 467. The summed E-state index contributed by atoms with van der Waals surface area (Å²) in [5.74, 6) is 2.82. The molecule has 1 saturated carbocycles. The third-order valence-electron chi connectivity index (χ3n) is 4.72. The van der Waals surface area contributed by atoms with Crippen LogP contribution in [0.3, 0.4) is 0 Å². The molecule has 1 fully saturated rings. The number of ether oxygens (including phenoxy) is 1. The second kappa shape index (κ2) is 6.97. The Morgan fingerprint density at radius 1 is 1.24 bits per heavy atom. The molecule has 0 radical (unpaired) electrons. The minimum Gasteiger partial charge on any atom is -0.497 e. The van der Waals surface area contributed by atoms with E-state index in [0.717, 1.165) is 17.9 Å². The van der Waals surface area contributed by atoms with Crippen LogP contribution >= 0.6 is 0 Å². The Hall–Kier alpha value is -1.51. The molecule has 0 aliphatic heterocycles. The lowest BCUT2D eigenvalue weighted by Crippen LogP contribution is -2.36. The molecule has 2 rings (SSSR count). The first kappa shape index (κ1) is 15.9. The van der Waals surface area contributed by atoms with Crippen molar-refractivity contribution in [1.82, 2.24) is 0 Å². The number of methoxy groups -OCH3 is 1. The zero-order valence-corrected chi connectivity index (χ0v) is 13.6. The van der Waals surface area contributed by atoms with Gasteiger partial charge < -0.3 is 10.1 Å². The molecule has 3 atom stereocenters. The van der Waals surface area contributed by atoms with Gasteiger partial charge in [0.2, 0.25) is 5.91 Å². The second-order valence-electron chi connectivity index (χ2n) is 6.65. The number of anilines is 1. The molecule has 116 valence electrons. The minimum atomic E-state index is 0.135. The molecule has 3 heteroatoms. The molecule has 0 bridgehead atoms. The first-order valence-corrected chi connectivity index (χ1v) is 7.96. The van der Waals surface area contributed by atoms with Gasteiger partial charge in [-0.05, 0) is 54.9 Å². The lowest BCUT2D eigenvalue weighted by Gasteiger charge is -2.36. The van der Waals surface area contributed by atoms with E-state index in [2.05, 4.69) is 26.1 Å². The number of rotatable bonds is 4. The second-order valence-corrected chi connectivity index (χ2v) is 6.65. The zero-order valence-electron chi connectivity index (χ0n) is 13.6. The molecular formula is C18H27NO2. The summed E-state index contributed by atoms with van der Waals surface area (Å²) in [6.07, 6.45) is 3.42. The summed E-state index contributed by atoms with van der Waals surface area (Å²) in [6.45, 7) is 6.72. The van der Waals surface area contributed by atoms with Crippen molar-refractivity contribution in [1.29, 1.82) is 0 Å². The predicted octanol–water partition coefficient (Wildman–Crippen LogP) is 4.34. The van der Waals surface area contributed by atoms with Crippen molar-refractivity contribution in [3.8, 4) is 5.75 Å². The van der Waals surface area contributed by atoms with Crippen molar-refractivity contribution in [2.24, 2.45) is 23.7 Å². The highest BCUT2D eigenvalue weighted by atomic mass is 16.5. The smallest absolute Gasteiger partial charge is 0.227 e. The summed E-state index contributed by atoms with van der Waals surface area (Å²) < 4.78 is 5.14. The molecule has 1 aliphatic rings. The van der Waals surface area contributed by atoms with Crippen LogP contribution in [-0.2, 0) is 4.79 Å². The van der Waals surface area contributed by atoms with Crippen molar-refractivity contribution < 1.29 is 9.53 Å². The van der Waals surface area contributed by atoms with Gasteiger partial charge in [-0.1, -0.05) is 27.2 Å². The average molecular weight is 289 g/mol. The van der Waals surface area contributed by atoms with Crippen molar-refractivity contribution in [2.45, 2.75) is 40.0 Å². The number of hydrogen-bond acceptors (Lipinski definition) is 2. The quantitative estimate of drug-likeness (QED) is 0.895. The minimum absolute atomic E-state index is 0.135. The first-order chi connectivity index (χ1) is 10.0. The van der Waals surface area contributed by atoms with E-state index in [9.17, 15) is 4.79 Å². The van der Waals surface area contributed by atoms with E-state index < -0.39 is 0 Å². The van der Waals surface area contributed by atoms with Gasteiger partial charge in [0, 0.05) is 11.6 Å². The van der Waals surface area contributed by atoms with Crippen LogP contribution in [0.15, 0.2) is 24.3 Å². The monoisotopic (exact) mass is 289 g/mol. The number of benzene rings is 1. The Morgan fingerprint density at radius 3 is 2.48 bits per heavy atom. The molecule has 1 aromatic rings. The predicted molar refractivity (Wildman–Crippen MR) is 86.5 cm³/mol. The molecule has 3 nitrogen and oxygen atoms in total. The van der Waals surface area contributed by atoms with E-state index in [0.29, 0.717) is 17.8 Å². The molecule has 1 unspecified atom stereocenters. The van der Waals surface area contributed by atoms with Gasteiger partial charge in [-0.25, -0.2) is 0 Å². The SMILES string of the molecule is COc1ccc(NC(=O)C2C[C@H](C)CC[C@H]2C(C)C)cc1. The van der Waals surface area contributed by atoms with E-state index in [1.165, 1.54) is 12.8 Å². The van der Waals surface area contributed by atoms with Gasteiger partial charge in [-0.2, -0.15) is 0 Å². The number of hydrogen-bond donors (Lipinski definition) is 1. The van der Waals surface area contributed by atoms with Crippen LogP contribution in [0, 0.1) is 23.7 Å². The molecule has 21 heavy (non-hydrogen) atoms. The summed E-state index contributed by atoms with van der Waals surface area (Å²) in [4.78, 5) is 12.6. The van der Waals surface area contributed by atoms with Crippen LogP contribution in [0.5, 0.6) is 5.75 Å². The first-order valence-electron chi connectivity index (χ1n) is 7.96. The van der Waals surface area contributed by atoms with E-state index in [-0.39, 0.29) is 11.8 Å². The Labute approximate surface area is 128 Å². The van der Waals surface area contributed by atoms with Crippen molar-refractivity contribution >= 4 is 11.6 Å². The Kier molecular flexibility index (Phi) is 5.27. The normalized spacial score (nSPS) is 25.7. The van der Waals surface area contributed by atoms with E-state index in [1.807, 2.05) is 24.3 Å². The molecule has 1 N–H and O–H groups in total. The highest BCUT2D eigenvalue weighted by Gasteiger charge is 2.35. The molecular weight excluding hydrogens is 262 g/mol. The maximum Gasteiger partial charge on any atom is 0.227 e. The van der Waals surface area contributed by atoms with Gasteiger partial charge in [-0.15, -0.1) is 0 Å². The fraction of sp³-hybridized carbons (Fsp3) is 0.611. The third-order valence-corrected chi connectivity index (χ3v) is 4.72. The van der Waals surface area contributed by atoms with Crippen LogP contribution in [0.1, 0.15) is 40.0 Å². The summed E-state index contributed by atoms with van der Waals surface area (Å²) >= 11 is 0. The van der Waals surface area contributed by atoms with Gasteiger partial charge >= 0.3 is 0 Å². The van der Waals surface area contributed by atoms with E-state index in [1.54, 1.807) is 7.11 Å². The zero-order chi connectivity index (χ0) is 15.4. The fourth-order valence-corrected chi connectivity index (χ4v) is 3.41. The van der Waals surface area contributed by atoms with Gasteiger partial charge in [0.05, 0.1) is 7.11 Å². The highest BCUT2D eigenvalue weighted by molar-refractivity contribution is 5.92.